The van der Waals surface area contributed by atoms with Gasteiger partial charge in [-0.3, -0.25) is 9.59 Å². The number of carbonyl (C=O) groups is 2. The summed E-state index contributed by atoms with van der Waals surface area (Å²) in [6, 6.07) is 13.4. The normalized spacial score (nSPS) is 10.3. The standard InChI is InChI=1S/C22H29N3O3/c1-6-25(19-11-16(2)10-17(3)12-19)15-22(27)24(4)14-21(26)23-18-8-7-9-20(13-18)28-5/h7-13H,6,14-15H2,1-5H3,(H,23,26). The fourth-order valence-electron chi connectivity index (χ4n) is 3.01. The molecule has 0 bridgehead atoms. The molecule has 1 N–H and O–H groups in total. The quantitative estimate of drug-likeness (QED) is 0.760. The van der Waals surface area contributed by atoms with Gasteiger partial charge in [-0.1, -0.05) is 12.1 Å². The number of nitrogens with one attached hydrogen (secondary N) is 1. The second kappa shape index (κ2) is 9.78. The Morgan fingerprint density at radius 2 is 1.71 bits per heavy atom. The van der Waals surface area contributed by atoms with Crippen LogP contribution in [0.5, 0.6) is 5.75 Å². The van der Waals surface area contributed by atoms with Gasteiger partial charge in [-0.25, -0.2) is 0 Å². The Bertz CT molecular complexity index is 815. The molecule has 0 saturated carbocycles. The highest BCUT2D eigenvalue weighted by molar-refractivity contribution is 5.95. The summed E-state index contributed by atoms with van der Waals surface area (Å²) in [6.45, 7) is 7.02. The lowest BCUT2D eigenvalue weighted by atomic mass is 10.1. The van der Waals surface area contributed by atoms with Gasteiger partial charge in [-0.2, -0.15) is 0 Å². The minimum atomic E-state index is -0.251. The molecular weight excluding hydrogens is 354 g/mol. The number of anilines is 2. The maximum absolute atomic E-state index is 12.6. The lowest BCUT2D eigenvalue weighted by Gasteiger charge is -2.26. The van der Waals surface area contributed by atoms with Gasteiger partial charge < -0.3 is 19.9 Å². The third-order valence-corrected chi connectivity index (χ3v) is 4.44. The van der Waals surface area contributed by atoms with E-state index in [0.717, 1.165) is 16.8 Å². The van der Waals surface area contributed by atoms with E-state index in [9.17, 15) is 9.59 Å². The average Bonchev–Trinajstić information content (AvgIpc) is 2.64. The van der Waals surface area contributed by atoms with E-state index in [0.29, 0.717) is 18.0 Å². The van der Waals surface area contributed by atoms with Crippen LogP contribution in [0.2, 0.25) is 0 Å². The molecule has 0 fully saturated rings. The van der Waals surface area contributed by atoms with Crippen molar-refractivity contribution < 1.29 is 14.3 Å². The number of methoxy groups -OCH3 is 1. The zero-order valence-electron chi connectivity index (χ0n) is 17.3. The molecule has 0 radical (unpaired) electrons. The molecule has 0 aliphatic heterocycles. The van der Waals surface area contributed by atoms with Crippen LogP contribution in [0.1, 0.15) is 18.1 Å². The number of hydrogen-bond donors (Lipinski definition) is 1. The van der Waals surface area contributed by atoms with E-state index in [2.05, 4.69) is 23.5 Å². The van der Waals surface area contributed by atoms with Crippen LogP contribution < -0.4 is 15.0 Å². The van der Waals surface area contributed by atoms with Crippen LogP contribution in [0.15, 0.2) is 42.5 Å². The van der Waals surface area contributed by atoms with E-state index in [1.54, 1.807) is 38.4 Å². The van der Waals surface area contributed by atoms with Crippen molar-refractivity contribution in [1.82, 2.24) is 4.90 Å². The van der Waals surface area contributed by atoms with Crippen molar-refractivity contribution in [1.29, 1.82) is 0 Å². The molecule has 0 unspecified atom stereocenters. The summed E-state index contributed by atoms with van der Waals surface area (Å²) in [6.07, 6.45) is 0. The molecule has 0 heterocycles. The number of likely N-dealkylation sites (N-methyl/N-ethyl adjacent to an activating group) is 2. The Morgan fingerprint density at radius 1 is 1.04 bits per heavy atom. The van der Waals surface area contributed by atoms with Crippen LogP contribution in [-0.4, -0.2) is 50.5 Å². The van der Waals surface area contributed by atoms with Gasteiger partial charge in [0.15, 0.2) is 0 Å². The van der Waals surface area contributed by atoms with Crippen molar-refractivity contribution in [2.45, 2.75) is 20.8 Å². The summed E-state index contributed by atoms with van der Waals surface area (Å²) in [4.78, 5) is 28.4. The van der Waals surface area contributed by atoms with Crippen LogP contribution in [0.3, 0.4) is 0 Å². The van der Waals surface area contributed by atoms with Crippen molar-refractivity contribution in [3.8, 4) is 5.75 Å². The van der Waals surface area contributed by atoms with Crippen molar-refractivity contribution in [2.24, 2.45) is 0 Å². The van der Waals surface area contributed by atoms with Gasteiger partial charge in [0.05, 0.1) is 20.2 Å². The second-order valence-corrected chi connectivity index (χ2v) is 6.89. The lowest BCUT2D eigenvalue weighted by molar-refractivity contribution is -0.132. The molecule has 6 heteroatoms. The molecule has 0 aliphatic rings. The first-order chi connectivity index (χ1) is 13.3. The molecule has 0 saturated heterocycles. The lowest BCUT2D eigenvalue weighted by Crippen LogP contribution is -2.41. The van der Waals surface area contributed by atoms with E-state index >= 15 is 0 Å². The smallest absolute Gasteiger partial charge is 0.243 e. The molecule has 2 rings (SSSR count). The number of rotatable bonds is 8. The topological polar surface area (TPSA) is 61.9 Å². The van der Waals surface area contributed by atoms with Gasteiger partial charge in [0.2, 0.25) is 11.8 Å². The number of ether oxygens (including phenoxy) is 1. The molecule has 2 aromatic rings. The Balaban J connectivity index is 1.95. The Kier molecular flexibility index (Phi) is 7.44. The number of aryl methyl sites for hydroxylation is 2. The number of hydrogen-bond acceptors (Lipinski definition) is 4. The number of amides is 2. The minimum Gasteiger partial charge on any atom is -0.497 e. The summed E-state index contributed by atoms with van der Waals surface area (Å²) < 4.78 is 5.15. The van der Waals surface area contributed by atoms with Crippen molar-refractivity contribution >= 4 is 23.2 Å². The Hall–Kier alpha value is -3.02. The summed E-state index contributed by atoms with van der Waals surface area (Å²) in [5, 5.41) is 2.79. The summed E-state index contributed by atoms with van der Waals surface area (Å²) >= 11 is 0. The Morgan fingerprint density at radius 3 is 2.32 bits per heavy atom. The van der Waals surface area contributed by atoms with Crippen LogP contribution >= 0.6 is 0 Å². The highest BCUT2D eigenvalue weighted by Crippen LogP contribution is 2.19. The van der Waals surface area contributed by atoms with Crippen LogP contribution in [-0.2, 0) is 9.59 Å². The van der Waals surface area contributed by atoms with Gasteiger partial charge >= 0.3 is 0 Å². The first-order valence-corrected chi connectivity index (χ1v) is 9.33. The largest absolute Gasteiger partial charge is 0.497 e. The highest BCUT2D eigenvalue weighted by atomic mass is 16.5. The number of benzene rings is 2. The summed E-state index contributed by atoms with van der Waals surface area (Å²) in [5.41, 5.74) is 3.97. The third-order valence-electron chi connectivity index (χ3n) is 4.44. The van der Waals surface area contributed by atoms with E-state index in [4.69, 9.17) is 4.74 Å². The summed E-state index contributed by atoms with van der Waals surface area (Å²) in [7, 11) is 3.21. The van der Waals surface area contributed by atoms with Crippen LogP contribution in [0.25, 0.3) is 0 Å². The summed E-state index contributed by atoms with van der Waals surface area (Å²) in [5.74, 6) is 0.301. The second-order valence-electron chi connectivity index (χ2n) is 6.89. The first-order valence-electron chi connectivity index (χ1n) is 9.33. The fourth-order valence-corrected chi connectivity index (χ4v) is 3.01. The van der Waals surface area contributed by atoms with Gasteiger partial charge in [-0.15, -0.1) is 0 Å². The van der Waals surface area contributed by atoms with Gasteiger partial charge in [0.1, 0.15) is 5.75 Å². The van der Waals surface area contributed by atoms with Crippen molar-refractivity contribution in [2.75, 3.05) is 44.0 Å². The van der Waals surface area contributed by atoms with Gasteiger partial charge in [0.25, 0.3) is 0 Å². The molecule has 0 aromatic heterocycles. The molecule has 2 amide bonds. The minimum absolute atomic E-state index is 0.0134. The van der Waals surface area contributed by atoms with Crippen LogP contribution in [0, 0.1) is 13.8 Å². The maximum Gasteiger partial charge on any atom is 0.243 e. The molecular formula is C22H29N3O3. The number of nitrogens with zero attached hydrogens (tertiary/aromatic N) is 2. The third kappa shape index (κ3) is 6.01. The predicted molar refractivity (Wildman–Crippen MR) is 113 cm³/mol. The SMILES string of the molecule is CCN(CC(=O)N(C)CC(=O)Nc1cccc(OC)c1)c1cc(C)cc(C)c1. The highest BCUT2D eigenvalue weighted by Gasteiger charge is 2.17. The first kappa shape index (κ1) is 21.3. The van der Waals surface area contributed by atoms with Gasteiger partial charge in [-0.05, 0) is 56.2 Å². The molecule has 28 heavy (non-hydrogen) atoms. The molecule has 0 aliphatic carbocycles. The van der Waals surface area contributed by atoms with Crippen molar-refractivity contribution in [3.63, 3.8) is 0 Å². The fraction of sp³-hybridized carbons (Fsp3) is 0.364. The molecule has 0 spiro atoms. The predicted octanol–water partition coefficient (Wildman–Crippen LogP) is 3.24. The Labute approximate surface area is 167 Å². The van der Waals surface area contributed by atoms with Gasteiger partial charge in [0, 0.05) is 31.0 Å². The van der Waals surface area contributed by atoms with E-state index in [-0.39, 0.29) is 24.9 Å². The van der Waals surface area contributed by atoms with E-state index < -0.39 is 0 Å². The molecule has 0 atom stereocenters. The van der Waals surface area contributed by atoms with E-state index in [1.807, 2.05) is 25.7 Å². The van der Waals surface area contributed by atoms with Crippen molar-refractivity contribution in [3.05, 3.63) is 53.6 Å². The maximum atomic E-state index is 12.6. The number of carbonyl (C=O) groups excluding carboxylic acids is 2. The molecule has 2 aromatic carbocycles. The zero-order valence-corrected chi connectivity index (χ0v) is 17.3. The van der Waals surface area contributed by atoms with E-state index in [1.165, 1.54) is 4.90 Å². The average molecular weight is 383 g/mol. The molecule has 6 nitrogen and oxygen atoms in total. The van der Waals surface area contributed by atoms with Crippen LogP contribution in [0.4, 0.5) is 11.4 Å². The molecule has 150 valence electrons. The monoisotopic (exact) mass is 383 g/mol. The zero-order chi connectivity index (χ0) is 20.7.